The molecule has 2 aromatic carbocycles. The summed E-state index contributed by atoms with van der Waals surface area (Å²) in [5.41, 5.74) is 1.63. The maximum Gasteiger partial charge on any atom is 1.00 e. The molecule has 0 aliphatic heterocycles. The van der Waals surface area contributed by atoms with Crippen molar-refractivity contribution in [2.75, 3.05) is 6.61 Å². The van der Waals surface area contributed by atoms with Crippen molar-refractivity contribution in [1.82, 2.24) is 0 Å². The van der Waals surface area contributed by atoms with E-state index in [9.17, 15) is 4.79 Å². The van der Waals surface area contributed by atoms with Gasteiger partial charge in [0.05, 0.1) is 11.6 Å². The minimum absolute atomic E-state index is 0. The number of unbranched alkanes of at least 4 members (excludes halogenated alkanes) is 3. The van der Waals surface area contributed by atoms with Crippen LogP contribution in [0.25, 0.3) is 0 Å². The number of aryl methyl sites for hydroxylation is 1. The SMILES string of the molecule is CCCCCCOc1ccc(PC(=O)c2c(C)cccc2Cl)cc1.[H-].[Li+]. The first-order valence-electron chi connectivity index (χ1n) is 8.41. The van der Waals surface area contributed by atoms with E-state index in [1.54, 1.807) is 6.07 Å². The summed E-state index contributed by atoms with van der Waals surface area (Å²) in [6.07, 6.45) is 4.78. The molecule has 2 rings (SSSR count). The molecule has 0 aliphatic rings. The Balaban J connectivity index is 0.00000312. The topological polar surface area (TPSA) is 26.3 Å². The number of rotatable bonds is 9. The number of ether oxygens (including phenoxy) is 1. The van der Waals surface area contributed by atoms with Gasteiger partial charge >= 0.3 is 18.9 Å². The first-order chi connectivity index (χ1) is 11.6. The summed E-state index contributed by atoms with van der Waals surface area (Å²) in [5.74, 6) is 0.862. The van der Waals surface area contributed by atoms with E-state index in [4.69, 9.17) is 16.3 Å². The Morgan fingerprint density at radius 1 is 1.12 bits per heavy atom. The van der Waals surface area contributed by atoms with E-state index in [0.29, 0.717) is 10.6 Å². The van der Waals surface area contributed by atoms with Crippen molar-refractivity contribution in [3.8, 4) is 5.75 Å². The second-order valence-corrected chi connectivity index (χ2v) is 7.51. The molecule has 0 fully saturated rings. The molecule has 0 bridgehead atoms. The van der Waals surface area contributed by atoms with Crippen molar-refractivity contribution < 1.29 is 29.8 Å². The molecule has 5 heteroatoms. The van der Waals surface area contributed by atoms with Crippen LogP contribution in [0.3, 0.4) is 0 Å². The van der Waals surface area contributed by atoms with E-state index in [0.717, 1.165) is 29.6 Å². The van der Waals surface area contributed by atoms with Crippen LogP contribution in [-0.4, -0.2) is 12.1 Å². The first-order valence-corrected chi connectivity index (χ1v) is 9.79. The van der Waals surface area contributed by atoms with Crippen LogP contribution >= 0.6 is 20.2 Å². The normalized spacial score (nSPS) is 10.7. The van der Waals surface area contributed by atoms with Crippen LogP contribution in [0.1, 0.15) is 50.0 Å². The van der Waals surface area contributed by atoms with Gasteiger partial charge in [0, 0.05) is 5.56 Å². The number of hydrogen-bond acceptors (Lipinski definition) is 2. The Hall–Kier alpha value is -0.773. The van der Waals surface area contributed by atoms with Gasteiger partial charge in [-0.25, -0.2) is 0 Å². The molecule has 25 heavy (non-hydrogen) atoms. The van der Waals surface area contributed by atoms with Crippen LogP contribution < -0.4 is 28.9 Å². The molecule has 2 aromatic rings. The van der Waals surface area contributed by atoms with Crippen molar-refractivity contribution >= 4 is 31.0 Å². The van der Waals surface area contributed by atoms with Crippen LogP contribution in [0.5, 0.6) is 5.75 Å². The molecule has 0 heterocycles. The van der Waals surface area contributed by atoms with Gasteiger partial charge < -0.3 is 6.16 Å². The number of hydrogen-bond donors (Lipinski definition) is 0. The Morgan fingerprint density at radius 2 is 1.84 bits per heavy atom. The largest absolute Gasteiger partial charge is 1.00 e. The summed E-state index contributed by atoms with van der Waals surface area (Å²) in [6.45, 7) is 4.87. The molecule has 0 aliphatic carbocycles. The molecule has 0 spiro atoms. The van der Waals surface area contributed by atoms with E-state index >= 15 is 0 Å². The van der Waals surface area contributed by atoms with Gasteiger partial charge in [-0.05, 0) is 51.0 Å². The maximum atomic E-state index is 12.5. The zero-order valence-electron chi connectivity index (χ0n) is 16.3. The fraction of sp³-hybridized carbons (Fsp3) is 0.350. The summed E-state index contributed by atoms with van der Waals surface area (Å²) in [7, 11) is 0.0682. The van der Waals surface area contributed by atoms with Crippen LogP contribution in [0, 0.1) is 6.92 Å². The van der Waals surface area contributed by atoms with Crippen molar-refractivity contribution in [3.63, 3.8) is 0 Å². The van der Waals surface area contributed by atoms with Crippen molar-refractivity contribution in [2.45, 2.75) is 39.5 Å². The molecule has 0 aromatic heterocycles. The third-order valence-electron chi connectivity index (χ3n) is 3.83. The molecule has 0 saturated heterocycles. The first kappa shape index (κ1) is 22.3. The Morgan fingerprint density at radius 3 is 2.48 bits per heavy atom. The van der Waals surface area contributed by atoms with Crippen LogP contribution in [0.4, 0.5) is 0 Å². The summed E-state index contributed by atoms with van der Waals surface area (Å²) in [4.78, 5) is 12.5. The third-order valence-corrected chi connectivity index (χ3v) is 5.24. The molecule has 2 nitrogen and oxygen atoms in total. The summed E-state index contributed by atoms with van der Waals surface area (Å²) in [5, 5.41) is 1.53. The number of carbonyl (C=O) groups excluding carboxylic acids is 1. The van der Waals surface area contributed by atoms with E-state index in [-0.39, 0.29) is 34.4 Å². The molecule has 1 unspecified atom stereocenters. The van der Waals surface area contributed by atoms with Crippen LogP contribution in [0.15, 0.2) is 42.5 Å². The summed E-state index contributed by atoms with van der Waals surface area (Å²) in [6, 6.07) is 13.3. The number of halogens is 1. The fourth-order valence-corrected chi connectivity index (χ4v) is 3.91. The van der Waals surface area contributed by atoms with E-state index in [1.165, 1.54) is 19.3 Å². The van der Waals surface area contributed by atoms with Gasteiger partial charge in [-0.2, -0.15) is 0 Å². The predicted octanol–water partition coefficient (Wildman–Crippen LogP) is 2.87. The molecule has 1 atom stereocenters. The van der Waals surface area contributed by atoms with Gasteiger partial charge in [-0.15, -0.1) is 0 Å². The molecule has 0 N–H and O–H groups in total. The number of benzene rings is 2. The smallest absolute Gasteiger partial charge is 1.00 e. The molecule has 130 valence electrons. The number of carbonyl (C=O) groups is 1. The zero-order chi connectivity index (χ0) is 17.4. The molecule has 0 amide bonds. The van der Waals surface area contributed by atoms with Crippen LogP contribution in [0.2, 0.25) is 5.02 Å². The van der Waals surface area contributed by atoms with E-state index in [1.807, 2.05) is 43.3 Å². The summed E-state index contributed by atoms with van der Waals surface area (Å²) < 4.78 is 5.73. The van der Waals surface area contributed by atoms with Gasteiger partial charge in [0.2, 0.25) is 0 Å². The van der Waals surface area contributed by atoms with Crippen molar-refractivity contribution in [1.29, 1.82) is 0 Å². The van der Waals surface area contributed by atoms with E-state index in [2.05, 4.69) is 6.92 Å². The van der Waals surface area contributed by atoms with E-state index < -0.39 is 0 Å². The maximum absolute atomic E-state index is 12.5. The Labute approximate surface area is 171 Å². The fourth-order valence-electron chi connectivity index (χ4n) is 2.47. The Bertz CT molecular complexity index is 660. The standard InChI is InChI=1S/C20H24ClO2P.Li.H/c1-3-4-5-6-14-23-16-10-12-17(13-11-16)24-20(22)19-15(2)8-7-9-18(19)21;;/h7-13,24H,3-6,14H2,1-2H3;;/q;+1;-1. The average Bonchev–Trinajstić information content (AvgIpc) is 2.56. The second-order valence-electron chi connectivity index (χ2n) is 5.82. The molecule has 0 radical (unpaired) electrons. The van der Waals surface area contributed by atoms with Gasteiger partial charge in [-0.3, -0.25) is 4.79 Å². The zero-order valence-corrected chi connectivity index (χ0v) is 17.0. The van der Waals surface area contributed by atoms with Gasteiger partial charge in [0.25, 0.3) is 0 Å². The molecular weight excluding hydrogens is 346 g/mol. The van der Waals surface area contributed by atoms with Gasteiger partial charge in [-0.1, -0.05) is 62.1 Å². The molecular formula is C20H25ClLiO2P. The molecule has 0 saturated carbocycles. The van der Waals surface area contributed by atoms with Crippen LogP contribution in [-0.2, 0) is 0 Å². The second kappa shape index (κ2) is 11.8. The minimum atomic E-state index is 0. The van der Waals surface area contributed by atoms with Gasteiger partial charge in [0.1, 0.15) is 5.75 Å². The Kier molecular flexibility index (Phi) is 10.5. The quantitative estimate of drug-likeness (QED) is 0.385. The summed E-state index contributed by atoms with van der Waals surface area (Å²) >= 11 is 6.17. The monoisotopic (exact) mass is 370 g/mol. The minimum Gasteiger partial charge on any atom is -1.00 e. The third kappa shape index (κ3) is 7.16. The average molecular weight is 371 g/mol. The van der Waals surface area contributed by atoms with Gasteiger partial charge in [0.15, 0.2) is 5.52 Å². The predicted molar refractivity (Wildman–Crippen MR) is 106 cm³/mol. The van der Waals surface area contributed by atoms with Crippen molar-refractivity contribution in [2.24, 2.45) is 0 Å². The van der Waals surface area contributed by atoms with Crippen molar-refractivity contribution in [3.05, 3.63) is 58.6 Å².